The number of para-hydroxylation sites is 2. The second-order valence-corrected chi connectivity index (χ2v) is 7.54. The third-order valence-electron chi connectivity index (χ3n) is 4.99. The Hall–Kier alpha value is -2.29. The van der Waals surface area contributed by atoms with Crippen molar-refractivity contribution in [3.8, 4) is 0 Å². The average molecular weight is 321 g/mol. The van der Waals surface area contributed by atoms with Gasteiger partial charge in [-0.1, -0.05) is 36.4 Å². The van der Waals surface area contributed by atoms with Crippen LogP contribution in [0.2, 0.25) is 0 Å². The highest BCUT2D eigenvalue weighted by Gasteiger charge is 2.43. The third-order valence-corrected chi connectivity index (χ3v) is 4.99. The van der Waals surface area contributed by atoms with Crippen LogP contribution in [0.1, 0.15) is 36.1 Å². The Labute approximate surface area is 145 Å². The molecule has 1 N–H and O–H groups in total. The van der Waals surface area contributed by atoms with E-state index in [9.17, 15) is 0 Å². The van der Waals surface area contributed by atoms with Crippen molar-refractivity contribution >= 4 is 17.3 Å². The van der Waals surface area contributed by atoms with E-state index in [2.05, 4.69) is 87.7 Å². The molecule has 0 saturated carbocycles. The highest BCUT2D eigenvalue weighted by molar-refractivity contribution is 6.10. The highest BCUT2D eigenvalue weighted by Crippen LogP contribution is 2.39. The monoisotopic (exact) mass is 321 g/mol. The first-order valence-electron chi connectivity index (χ1n) is 8.53. The van der Waals surface area contributed by atoms with Crippen molar-refractivity contribution in [3.63, 3.8) is 0 Å². The molecule has 126 valence electrons. The van der Waals surface area contributed by atoms with Crippen molar-refractivity contribution in [1.82, 2.24) is 0 Å². The van der Waals surface area contributed by atoms with E-state index in [1.165, 1.54) is 33.6 Å². The van der Waals surface area contributed by atoms with Gasteiger partial charge in [0.15, 0.2) is 0 Å². The number of anilines is 2. The molecule has 1 heterocycles. The van der Waals surface area contributed by atoms with Gasteiger partial charge in [0.1, 0.15) is 0 Å². The predicted molar refractivity (Wildman–Crippen MR) is 103 cm³/mol. The highest BCUT2D eigenvalue weighted by atomic mass is 15.5. The summed E-state index contributed by atoms with van der Waals surface area (Å²) in [4.78, 5) is 4.36. The van der Waals surface area contributed by atoms with Crippen molar-refractivity contribution in [2.24, 2.45) is 0 Å². The molecule has 3 rings (SSSR count). The van der Waals surface area contributed by atoms with Crippen LogP contribution in [0.15, 0.2) is 36.4 Å². The molecule has 2 aromatic carbocycles. The second kappa shape index (κ2) is 5.66. The van der Waals surface area contributed by atoms with Gasteiger partial charge in [-0.3, -0.25) is 5.41 Å². The summed E-state index contributed by atoms with van der Waals surface area (Å²) in [6.07, 6.45) is 0. The molecule has 0 aliphatic carbocycles. The predicted octanol–water partition coefficient (Wildman–Crippen LogP) is 4.96. The molecule has 3 heteroatoms. The van der Waals surface area contributed by atoms with Gasteiger partial charge in [0.2, 0.25) is 5.96 Å². The Bertz CT molecular complexity index is 764. The van der Waals surface area contributed by atoms with Gasteiger partial charge in [-0.2, -0.15) is 0 Å². The second-order valence-electron chi connectivity index (χ2n) is 7.54. The minimum atomic E-state index is -0.136. The standard InChI is InChI=1S/C21H27N3/c1-14-9-7-10-15(2)18(14)23-13-21(5,6)24(20(23)22)19-16(3)11-8-12-17(19)4/h7-12,22H,13H2,1-6H3. The Balaban J connectivity index is 2.13. The van der Waals surface area contributed by atoms with E-state index in [-0.39, 0.29) is 5.54 Å². The van der Waals surface area contributed by atoms with Crippen LogP contribution < -0.4 is 9.80 Å². The maximum Gasteiger partial charge on any atom is 0.203 e. The normalized spacial score (nSPS) is 16.8. The summed E-state index contributed by atoms with van der Waals surface area (Å²) >= 11 is 0. The van der Waals surface area contributed by atoms with Crippen LogP contribution in [0.25, 0.3) is 0 Å². The topological polar surface area (TPSA) is 30.3 Å². The molecule has 0 atom stereocenters. The molecular weight excluding hydrogens is 294 g/mol. The quantitative estimate of drug-likeness (QED) is 0.847. The lowest BCUT2D eigenvalue weighted by atomic mass is 10.00. The Morgan fingerprint density at radius 2 is 1.21 bits per heavy atom. The molecule has 0 bridgehead atoms. The molecule has 0 radical (unpaired) electrons. The summed E-state index contributed by atoms with van der Waals surface area (Å²) in [5.74, 6) is 0.565. The van der Waals surface area contributed by atoms with Crippen molar-refractivity contribution in [2.75, 3.05) is 16.3 Å². The van der Waals surface area contributed by atoms with E-state index in [0.717, 1.165) is 6.54 Å². The van der Waals surface area contributed by atoms with E-state index in [4.69, 9.17) is 5.41 Å². The molecule has 1 aliphatic rings. The SMILES string of the molecule is Cc1cccc(C)c1N1CC(C)(C)N(c2c(C)cccc2C)C1=N. The van der Waals surface area contributed by atoms with Crippen LogP contribution in [-0.2, 0) is 0 Å². The molecule has 3 nitrogen and oxygen atoms in total. The largest absolute Gasteiger partial charge is 0.310 e. The molecule has 24 heavy (non-hydrogen) atoms. The number of hydrogen-bond donors (Lipinski definition) is 1. The lowest BCUT2D eigenvalue weighted by Crippen LogP contribution is -2.43. The number of benzene rings is 2. The minimum absolute atomic E-state index is 0.136. The van der Waals surface area contributed by atoms with Gasteiger partial charge < -0.3 is 9.80 Å². The van der Waals surface area contributed by atoms with E-state index in [0.29, 0.717) is 5.96 Å². The summed E-state index contributed by atoms with van der Waals surface area (Å²) in [7, 11) is 0. The zero-order valence-corrected chi connectivity index (χ0v) is 15.6. The third kappa shape index (κ3) is 2.48. The van der Waals surface area contributed by atoms with Gasteiger partial charge in [-0.25, -0.2) is 0 Å². The fourth-order valence-electron chi connectivity index (χ4n) is 3.92. The molecule has 0 aromatic heterocycles. The molecule has 0 spiro atoms. The van der Waals surface area contributed by atoms with Crippen molar-refractivity contribution in [3.05, 3.63) is 58.7 Å². The number of aryl methyl sites for hydroxylation is 4. The van der Waals surface area contributed by atoms with Crippen LogP contribution >= 0.6 is 0 Å². The number of nitrogens with zero attached hydrogens (tertiary/aromatic N) is 2. The van der Waals surface area contributed by atoms with Crippen LogP contribution in [-0.4, -0.2) is 18.0 Å². The maximum absolute atomic E-state index is 8.93. The molecule has 2 aromatic rings. The van der Waals surface area contributed by atoms with Crippen molar-refractivity contribution in [1.29, 1.82) is 5.41 Å². The maximum atomic E-state index is 8.93. The van der Waals surface area contributed by atoms with Gasteiger partial charge in [-0.15, -0.1) is 0 Å². The van der Waals surface area contributed by atoms with Gasteiger partial charge in [0.25, 0.3) is 0 Å². The Morgan fingerprint density at radius 1 is 0.792 bits per heavy atom. The zero-order valence-electron chi connectivity index (χ0n) is 15.6. The summed E-state index contributed by atoms with van der Waals surface area (Å²) in [6.45, 7) is 13.8. The minimum Gasteiger partial charge on any atom is -0.310 e. The average Bonchev–Trinajstić information content (AvgIpc) is 2.70. The molecule has 1 saturated heterocycles. The van der Waals surface area contributed by atoms with Crippen molar-refractivity contribution in [2.45, 2.75) is 47.1 Å². The first-order valence-corrected chi connectivity index (χ1v) is 8.53. The molecule has 0 amide bonds. The smallest absolute Gasteiger partial charge is 0.203 e. The van der Waals surface area contributed by atoms with Crippen molar-refractivity contribution < 1.29 is 0 Å². The lowest BCUT2D eigenvalue weighted by Gasteiger charge is -2.33. The summed E-state index contributed by atoms with van der Waals surface area (Å²) < 4.78 is 0. The van der Waals surface area contributed by atoms with Crippen LogP contribution in [0.5, 0.6) is 0 Å². The van der Waals surface area contributed by atoms with Gasteiger partial charge in [0, 0.05) is 12.2 Å². The summed E-state index contributed by atoms with van der Waals surface area (Å²) in [5.41, 5.74) is 7.08. The molecule has 1 fully saturated rings. The van der Waals surface area contributed by atoms with Crippen LogP contribution in [0.4, 0.5) is 11.4 Å². The first kappa shape index (κ1) is 16.6. The fourth-order valence-corrected chi connectivity index (χ4v) is 3.92. The number of guanidine groups is 1. The Morgan fingerprint density at radius 3 is 1.67 bits per heavy atom. The molecule has 1 aliphatic heterocycles. The summed E-state index contributed by atoms with van der Waals surface area (Å²) in [6, 6.07) is 12.7. The summed E-state index contributed by atoms with van der Waals surface area (Å²) in [5, 5.41) is 8.93. The van der Waals surface area contributed by atoms with E-state index in [1.807, 2.05) is 0 Å². The lowest BCUT2D eigenvalue weighted by molar-refractivity contribution is 0.563. The van der Waals surface area contributed by atoms with E-state index in [1.54, 1.807) is 0 Å². The van der Waals surface area contributed by atoms with Gasteiger partial charge in [0.05, 0.1) is 11.2 Å². The van der Waals surface area contributed by atoms with E-state index >= 15 is 0 Å². The molecule has 0 unspecified atom stereocenters. The van der Waals surface area contributed by atoms with Gasteiger partial charge >= 0.3 is 0 Å². The Kier molecular flexibility index (Phi) is 3.90. The fraction of sp³-hybridized carbons (Fsp3) is 0.381. The van der Waals surface area contributed by atoms with E-state index < -0.39 is 0 Å². The zero-order chi connectivity index (χ0) is 17.6. The van der Waals surface area contributed by atoms with Crippen LogP contribution in [0, 0.1) is 33.1 Å². The number of hydrogen-bond acceptors (Lipinski definition) is 1. The van der Waals surface area contributed by atoms with Crippen LogP contribution in [0.3, 0.4) is 0 Å². The molecular formula is C21H27N3. The first-order chi connectivity index (χ1) is 11.2. The number of rotatable bonds is 2. The number of nitrogens with one attached hydrogen (secondary N) is 1. The van der Waals surface area contributed by atoms with Gasteiger partial charge in [-0.05, 0) is 63.8 Å².